The average molecular weight is 245 g/mol. The molecule has 3 heteroatoms. The Balaban J connectivity index is 2.66. The Labute approximate surface area is 109 Å². The molecule has 0 radical (unpaired) electrons. The molecular formula is C15H21N2O+. The summed E-state index contributed by atoms with van der Waals surface area (Å²) in [4.78, 5) is 0. The highest BCUT2D eigenvalue weighted by Gasteiger charge is 2.23. The molecular weight excluding hydrogens is 224 g/mol. The van der Waals surface area contributed by atoms with Crippen molar-refractivity contribution in [2.24, 2.45) is 14.1 Å². The van der Waals surface area contributed by atoms with Gasteiger partial charge in [-0.15, -0.1) is 0 Å². The molecule has 0 saturated carbocycles. The summed E-state index contributed by atoms with van der Waals surface area (Å²) in [5.41, 5.74) is 2.62. The molecule has 3 nitrogen and oxygen atoms in total. The van der Waals surface area contributed by atoms with E-state index in [-0.39, 0.29) is 0 Å². The van der Waals surface area contributed by atoms with Gasteiger partial charge in [0.25, 0.3) is 5.82 Å². The fraction of sp³-hybridized carbons (Fsp3) is 0.400. The summed E-state index contributed by atoms with van der Waals surface area (Å²) >= 11 is 0. The summed E-state index contributed by atoms with van der Waals surface area (Å²) < 4.78 is 9.57. The van der Waals surface area contributed by atoms with Gasteiger partial charge in [0.2, 0.25) is 0 Å². The molecule has 0 aliphatic rings. The predicted octanol–water partition coefficient (Wildman–Crippen LogP) is 2.65. The molecule has 0 spiro atoms. The number of nitrogens with zero attached hydrogens (tertiary/aromatic N) is 2. The zero-order valence-corrected chi connectivity index (χ0v) is 11.8. The maximum absolute atomic E-state index is 5.37. The van der Waals surface area contributed by atoms with E-state index >= 15 is 0 Å². The van der Waals surface area contributed by atoms with E-state index in [0.717, 1.165) is 11.7 Å². The normalized spacial score (nSPS) is 11.0. The number of ether oxygens (including phenoxy) is 1. The van der Waals surface area contributed by atoms with Crippen molar-refractivity contribution in [1.29, 1.82) is 0 Å². The molecule has 18 heavy (non-hydrogen) atoms. The first-order valence-electron chi connectivity index (χ1n) is 6.25. The lowest BCUT2D eigenvalue weighted by atomic mass is 9.97. The van der Waals surface area contributed by atoms with E-state index in [1.807, 2.05) is 13.2 Å². The quantitative estimate of drug-likeness (QED) is 0.760. The van der Waals surface area contributed by atoms with Crippen LogP contribution in [0.4, 0.5) is 0 Å². The van der Waals surface area contributed by atoms with E-state index in [9.17, 15) is 0 Å². The fourth-order valence-electron chi connectivity index (χ4n) is 2.42. The molecule has 2 aromatic rings. The second-order valence-electron chi connectivity index (χ2n) is 4.91. The van der Waals surface area contributed by atoms with Gasteiger partial charge in [-0.1, -0.05) is 32.0 Å². The molecule has 0 amide bonds. The Morgan fingerprint density at radius 3 is 2.44 bits per heavy atom. The van der Waals surface area contributed by atoms with Crippen LogP contribution in [-0.4, -0.2) is 11.7 Å². The summed E-state index contributed by atoms with van der Waals surface area (Å²) in [6.07, 6.45) is 2.01. The minimum absolute atomic E-state index is 0.502. The lowest BCUT2D eigenvalue weighted by molar-refractivity contribution is -0.659. The molecule has 2 rings (SSSR count). The van der Waals surface area contributed by atoms with Crippen molar-refractivity contribution in [3.63, 3.8) is 0 Å². The highest BCUT2D eigenvalue weighted by atomic mass is 16.5. The van der Waals surface area contributed by atoms with Crippen molar-refractivity contribution in [3.05, 3.63) is 36.0 Å². The van der Waals surface area contributed by atoms with E-state index in [1.165, 1.54) is 11.1 Å². The summed E-state index contributed by atoms with van der Waals surface area (Å²) in [6, 6.07) is 8.54. The van der Waals surface area contributed by atoms with Gasteiger partial charge < -0.3 is 4.74 Å². The third-order valence-electron chi connectivity index (χ3n) is 3.32. The molecule has 0 fully saturated rings. The van der Waals surface area contributed by atoms with Gasteiger partial charge in [-0.3, -0.25) is 0 Å². The molecule has 0 unspecified atom stereocenters. The number of methoxy groups -OCH3 is 1. The molecule has 1 aromatic heterocycles. The zero-order valence-electron chi connectivity index (χ0n) is 11.8. The van der Waals surface area contributed by atoms with Gasteiger partial charge in [0.05, 0.1) is 26.8 Å². The van der Waals surface area contributed by atoms with Crippen LogP contribution in [0.5, 0.6) is 5.88 Å². The summed E-state index contributed by atoms with van der Waals surface area (Å²) in [5.74, 6) is 2.53. The van der Waals surface area contributed by atoms with E-state index in [0.29, 0.717) is 5.92 Å². The third-order valence-corrected chi connectivity index (χ3v) is 3.32. The monoisotopic (exact) mass is 245 g/mol. The Bertz CT molecular complexity index is 556. The van der Waals surface area contributed by atoms with Crippen LogP contribution in [0.2, 0.25) is 0 Å². The van der Waals surface area contributed by atoms with Crippen molar-refractivity contribution < 1.29 is 9.30 Å². The number of benzene rings is 1. The van der Waals surface area contributed by atoms with Gasteiger partial charge in [-0.2, -0.15) is 4.57 Å². The Hall–Kier alpha value is -1.77. The van der Waals surface area contributed by atoms with Gasteiger partial charge >= 0.3 is 5.88 Å². The molecule has 1 heterocycles. The first-order chi connectivity index (χ1) is 8.56. The maximum Gasteiger partial charge on any atom is 0.324 e. The number of imidazole rings is 1. The SMILES string of the molecule is COc1c[n+](C)c(-c2ccccc2C(C)C)n1C. The molecule has 96 valence electrons. The molecule has 0 bridgehead atoms. The first kappa shape index (κ1) is 12.7. The number of hydrogen-bond acceptors (Lipinski definition) is 1. The van der Waals surface area contributed by atoms with Crippen LogP contribution < -0.4 is 9.30 Å². The summed E-state index contributed by atoms with van der Waals surface area (Å²) in [5, 5.41) is 0. The zero-order chi connectivity index (χ0) is 13.3. The fourth-order valence-corrected chi connectivity index (χ4v) is 2.42. The van der Waals surface area contributed by atoms with Crippen molar-refractivity contribution in [2.75, 3.05) is 7.11 Å². The van der Waals surface area contributed by atoms with E-state index in [2.05, 4.69) is 54.3 Å². The third kappa shape index (κ3) is 2.01. The van der Waals surface area contributed by atoms with Crippen LogP contribution in [0.1, 0.15) is 25.3 Å². The maximum atomic E-state index is 5.37. The molecule has 1 aromatic carbocycles. The van der Waals surface area contributed by atoms with Gasteiger partial charge in [0, 0.05) is 0 Å². The van der Waals surface area contributed by atoms with E-state index < -0.39 is 0 Å². The van der Waals surface area contributed by atoms with Crippen LogP contribution in [0, 0.1) is 0 Å². The predicted molar refractivity (Wildman–Crippen MR) is 72.7 cm³/mol. The van der Waals surface area contributed by atoms with Crippen LogP contribution >= 0.6 is 0 Å². The van der Waals surface area contributed by atoms with Crippen LogP contribution in [0.15, 0.2) is 30.5 Å². The van der Waals surface area contributed by atoms with E-state index in [1.54, 1.807) is 7.11 Å². The minimum atomic E-state index is 0.502. The van der Waals surface area contributed by atoms with Crippen LogP contribution in [-0.2, 0) is 14.1 Å². The van der Waals surface area contributed by atoms with Crippen LogP contribution in [0.25, 0.3) is 11.4 Å². The van der Waals surface area contributed by atoms with Gasteiger partial charge in [-0.25, -0.2) is 4.57 Å². The van der Waals surface area contributed by atoms with Crippen molar-refractivity contribution in [1.82, 2.24) is 4.57 Å². The lowest BCUT2D eigenvalue weighted by Crippen LogP contribution is -2.29. The smallest absolute Gasteiger partial charge is 0.324 e. The second-order valence-corrected chi connectivity index (χ2v) is 4.91. The number of aryl methyl sites for hydroxylation is 1. The second kappa shape index (κ2) is 4.84. The van der Waals surface area contributed by atoms with Crippen LogP contribution in [0.3, 0.4) is 0 Å². The lowest BCUT2D eigenvalue weighted by Gasteiger charge is -2.10. The highest BCUT2D eigenvalue weighted by molar-refractivity contribution is 5.60. The molecule has 0 atom stereocenters. The molecule has 0 aliphatic carbocycles. The molecule has 0 N–H and O–H groups in total. The van der Waals surface area contributed by atoms with E-state index in [4.69, 9.17) is 4.74 Å². The number of aromatic nitrogens is 2. The van der Waals surface area contributed by atoms with Crippen molar-refractivity contribution in [2.45, 2.75) is 19.8 Å². The Morgan fingerprint density at radius 2 is 1.89 bits per heavy atom. The first-order valence-corrected chi connectivity index (χ1v) is 6.25. The molecule has 0 aliphatic heterocycles. The van der Waals surface area contributed by atoms with Crippen molar-refractivity contribution in [3.8, 4) is 17.3 Å². The minimum Gasteiger partial charge on any atom is -0.463 e. The van der Waals surface area contributed by atoms with Gasteiger partial charge in [-0.05, 0) is 17.5 Å². The van der Waals surface area contributed by atoms with Crippen molar-refractivity contribution >= 4 is 0 Å². The topological polar surface area (TPSA) is 18.0 Å². The summed E-state index contributed by atoms with van der Waals surface area (Å²) in [6.45, 7) is 4.44. The van der Waals surface area contributed by atoms with Gasteiger partial charge in [0.15, 0.2) is 6.20 Å². The Kier molecular flexibility index (Phi) is 3.41. The largest absolute Gasteiger partial charge is 0.463 e. The molecule has 0 saturated heterocycles. The average Bonchev–Trinajstić information content (AvgIpc) is 2.64. The standard InChI is InChI=1S/C15H21N2O/c1-11(2)12-8-6-7-9-13(12)15-16(3)10-14(18-5)17(15)4/h6-11H,1-5H3/q+1. The highest BCUT2D eigenvalue weighted by Crippen LogP contribution is 2.28. The number of rotatable bonds is 3. The summed E-state index contributed by atoms with van der Waals surface area (Å²) in [7, 11) is 5.79. The Morgan fingerprint density at radius 1 is 1.22 bits per heavy atom. The van der Waals surface area contributed by atoms with Gasteiger partial charge in [0.1, 0.15) is 0 Å². The number of hydrogen-bond donors (Lipinski definition) is 0.